The van der Waals surface area contributed by atoms with Crippen LogP contribution in [0.25, 0.3) is 0 Å². The standard InChI is InChI=1S/C28H48O4/c1-16(15-29)12-23(30)26-17(2)25-24(32-26)14-22-20-7-6-18-13-19(31-5)8-10-27(18,3)21(20)9-11-28(22,25)4/h16-26,29-30H,6-15H2,1-5H3/t16-,17+,18+,19+,20-,21+,22+,23-,24+,25+,26+,27+,28+/m1/s1. The lowest BCUT2D eigenvalue weighted by Gasteiger charge is -2.61. The molecular formula is C28H48O4. The number of aliphatic hydroxyl groups is 2. The first-order chi connectivity index (χ1) is 15.2. The Balaban J connectivity index is 1.32. The summed E-state index contributed by atoms with van der Waals surface area (Å²) in [6.45, 7) is 9.70. The zero-order chi connectivity index (χ0) is 22.8. The van der Waals surface area contributed by atoms with E-state index < -0.39 is 6.10 Å². The molecule has 13 atom stereocenters. The molecule has 0 aromatic carbocycles. The lowest BCUT2D eigenvalue weighted by molar-refractivity contribution is -0.135. The summed E-state index contributed by atoms with van der Waals surface area (Å²) in [5.74, 6) is 4.46. The summed E-state index contributed by atoms with van der Waals surface area (Å²) in [5, 5.41) is 20.3. The number of fused-ring (bicyclic) bond motifs is 7. The molecule has 184 valence electrons. The van der Waals surface area contributed by atoms with Crippen molar-refractivity contribution in [3.05, 3.63) is 0 Å². The molecule has 4 heteroatoms. The van der Waals surface area contributed by atoms with Crippen LogP contribution in [0.15, 0.2) is 0 Å². The minimum absolute atomic E-state index is 0.0629. The van der Waals surface area contributed by atoms with E-state index >= 15 is 0 Å². The fraction of sp³-hybridized carbons (Fsp3) is 1.00. The summed E-state index contributed by atoms with van der Waals surface area (Å²) >= 11 is 0. The number of ether oxygens (including phenoxy) is 2. The molecule has 1 aliphatic heterocycles. The second-order valence-electron chi connectivity index (χ2n) is 13.2. The van der Waals surface area contributed by atoms with Gasteiger partial charge in [-0.25, -0.2) is 0 Å². The molecular weight excluding hydrogens is 400 g/mol. The molecule has 0 unspecified atom stereocenters. The van der Waals surface area contributed by atoms with Crippen molar-refractivity contribution in [3.8, 4) is 0 Å². The Morgan fingerprint density at radius 1 is 1.03 bits per heavy atom. The van der Waals surface area contributed by atoms with Crippen molar-refractivity contribution in [2.75, 3.05) is 13.7 Å². The minimum atomic E-state index is -0.457. The summed E-state index contributed by atoms with van der Waals surface area (Å²) in [7, 11) is 1.90. The van der Waals surface area contributed by atoms with Gasteiger partial charge < -0.3 is 19.7 Å². The van der Waals surface area contributed by atoms with E-state index in [1.54, 1.807) is 0 Å². The highest BCUT2D eigenvalue weighted by Crippen LogP contribution is 2.70. The highest BCUT2D eigenvalue weighted by Gasteiger charge is 2.66. The first kappa shape index (κ1) is 23.6. The smallest absolute Gasteiger partial charge is 0.0867 e. The van der Waals surface area contributed by atoms with Crippen molar-refractivity contribution in [1.29, 1.82) is 0 Å². The molecule has 5 rings (SSSR count). The lowest BCUT2D eigenvalue weighted by Crippen LogP contribution is -2.54. The van der Waals surface area contributed by atoms with E-state index in [-0.39, 0.29) is 18.6 Å². The van der Waals surface area contributed by atoms with E-state index in [9.17, 15) is 10.2 Å². The van der Waals surface area contributed by atoms with Crippen LogP contribution in [-0.4, -0.2) is 48.3 Å². The molecule has 0 amide bonds. The van der Waals surface area contributed by atoms with Gasteiger partial charge in [0.15, 0.2) is 0 Å². The molecule has 2 N–H and O–H groups in total. The van der Waals surface area contributed by atoms with E-state index in [2.05, 4.69) is 20.8 Å². The van der Waals surface area contributed by atoms with Gasteiger partial charge in [-0.05, 0) is 110 Å². The molecule has 4 nitrogen and oxygen atoms in total. The van der Waals surface area contributed by atoms with E-state index in [0.717, 1.165) is 23.7 Å². The van der Waals surface area contributed by atoms with Gasteiger partial charge in [-0.3, -0.25) is 0 Å². The van der Waals surface area contributed by atoms with E-state index in [1.807, 2.05) is 14.0 Å². The first-order valence-corrected chi connectivity index (χ1v) is 13.7. The maximum Gasteiger partial charge on any atom is 0.0867 e. The zero-order valence-electron chi connectivity index (χ0n) is 21.1. The quantitative estimate of drug-likeness (QED) is 0.618. The molecule has 4 saturated carbocycles. The molecule has 5 aliphatic rings. The van der Waals surface area contributed by atoms with Crippen molar-refractivity contribution >= 4 is 0 Å². The molecule has 32 heavy (non-hydrogen) atoms. The highest BCUT2D eigenvalue weighted by molar-refractivity contribution is 5.14. The van der Waals surface area contributed by atoms with Crippen LogP contribution < -0.4 is 0 Å². The van der Waals surface area contributed by atoms with Crippen LogP contribution in [-0.2, 0) is 9.47 Å². The number of rotatable bonds is 5. The van der Waals surface area contributed by atoms with Gasteiger partial charge in [-0.2, -0.15) is 0 Å². The normalized spacial score (nSPS) is 54.3. The Kier molecular flexibility index (Phi) is 6.26. The van der Waals surface area contributed by atoms with Gasteiger partial charge in [-0.1, -0.05) is 27.7 Å². The Labute approximate surface area is 195 Å². The van der Waals surface area contributed by atoms with Crippen LogP contribution in [0.4, 0.5) is 0 Å². The van der Waals surface area contributed by atoms with Gasteiger partial charge in [0.2, 0.25) is 0 Å². The second kappa shape index (κ2) is 8.50. The van der Waals surface area contributed by atoms with Crippen molar-refractivity contribution < 1.29 is 19.7 Å². The fourth-order valence-electron chi connectivity index (χ4n) is 10.1. The molecule has 0 aromatic rings. The van der Waals surface area contributed by atoms with Gasteiger partial charge >= 0.3 is 0 Å². The summed E-state index contributed by atoms with van der Waals surface area (Å²) in [6.07, 6.45) is 11.5. The fourth-order valence-corrected chi connectivity index (χ4v) is 10.1. The SMILES string of the molecule is CO[C@H]1CC[C@@]2(C)[C@@H](CC[C@@H]3[C@@H]2CC[C@]2(C)[C@H]4[C@H](C)[C@@H]([C@H](O)C[C@@H](C)CO)O[C@H]4C[C@@H]32)C1. The van der Waals surface area contributed by atoms with Crippen molar-refractivity contribution in [1.82, 2.24) is 0 Å². The van der Waals surface area contributed by atoms with Crippen molar-refractivity contribution in [2.45, 2.75) is 110 Å². The topological polar surface area (TPSA) is 58.9 Å². The van der Waals surface area contributed by atoms with Gasteiger partial charge in [0.25, 0.3) is 0 Å². The molecule has 4 aliphatic carbocycles. The second-order valence-corrected chi connectivity index (χ2v) is 13.2. The molecule has 1 heterocycles. The number of aliphatic hydroxyl groups excluding tert-OH is 2. The van der Waals surface area contributed by atoms with Crippen LogP contribution in [0, 0.1) is 52.3 Å². The first-order valence-electron chi connectivity index (χ1n) is 13.7. The van der Waals surface area contributed by atoms with Crippen LogP contribution in [0.1, 0.15) is 85.5 Å². The third kappa shape index (κ3) is 3.45. The average Bonchev–Trinajstić information content (AvgIpc) is 3.27. The molecule has 0 radical (unpaired) electrons. The van der Waals surface area contributed by atoms with Crippen molar-refractivity contribution in [2.24, 2.45) is 52.3 Å². The Bertz CT molecular complexity index is 682. The van der Waals surface area contributed by atoms with Crippen molar-refractivity contribution in [3.63, 3.8) is 0 Å². The van der Waals surface area contributed by atoms with Gasteiger partial charge in [-0.15, -0.1) is 0 Å². The predicted molar refractivity (Wildman–Crippen MR) is 126 cm³/mol. The van der Waals surface area contributed by atoms with Gasteiger partial charge in [0.1, 0.15) is 0 Å². The molecule has 5 fully saturated rings. The average molecular weight is 449 g/mol. The zero-order valence-corrected chi connectivity index (χ0v) is 21.1. The summed E-state index contributed by atoms with van der Waals surface area (Å²) < 4.78 is 12.4. The largest absolute Gasteiger partial charge is 0.396 e. The van der Waals surface area contributed by atoms with Crippen LogP contribution in [0.2, 0.25) is 0 Å². The van der Waals surface area contributed by atoms with Crippen LogP contribution >= 0.6 is 0 Å². The maximum atomic E-state index is 10.9. The third-order valence-corrected chi connectivity index (χ3v) is 11.8. The molecule has 1 saturated heterocycles. The van der Waals surface area contributed by atoms with Crippen LogP contribution in [0.5, 0.6) is 0 Å². The maximum absolute atomic E-state index is 10.9. The van der Waals surface area contributed by atoms with Crippen LogP contribution in [0.3, 0.4) is 0 Å². The summed E-state index contributed by atoms with van der Waals surface area (Å²) in [4.78, 5) is 0. The lowest BCUT2D eigenvalue weighted by atomic mass is 9.44. The highest BCUT2D eigenvalue weighted by atomic mass is 16.5. The van der Waals surface area contributed by atoms with Gasteiger partial charge in [0, 0.05) is 13.7 Å². The van der Waals surface area contributed by atoms with Gasteiger partial charge in [0.05, 0.1) is 24.4 Å². The Morgan fingerprint density at radius 3 is 2.50 bits per heavy atom. The Hall–Kier alpha value is -0.160. The number of methoxy groups -OCH3 is 1. The Morgan fingerprint density at radius 2 is 1.78 bits per heavy atom. The predicted octanol–water partition coefficient (Wildman–Crippen LogP) is 5.05. The van der Waals surface area contributed by atoms with E-state index in [4.69, 9.17) is 9.47 Å². The van der Waals surface area contributed by atoms with E-state index in [1.165, 1.54) is 51.4 Å². The molecule has 0 aromatic heterocycles. The number of hydrogen-bond acceptors (Lipinski definition) is 4. The molecule has 0 spiro atoms. The molecule has 0 bridgehead atoms. The summed E-state index contributed by atoms with van der Waals surface area (Å²) in [6, 6.07) is 0. The monoisotopic (exact) mass is 448 g/mol. The third-order valence-electron chi connectivity index (χ3n) is 11.8. The number of hydrogen-bond donors (Lipinski definition) is 2. The van der Waals surface area contributed by atoms with E-state index in [0.29, 0.717) is 41.3 Å². The summed E-state index contributed by atoms with van der Waals surface area (Å²) in [5.41, 5.74) is 0.859. The minimum Gasteiger partial charge on any atom is -0.396 e.